The number of hydrogen-bond donors (Lipinski definition) is 1. The quantitative estimate of drug-likeness (QED) is 0.636. The molecule has 0 bridgehead atoms. The van der Waals surface area contributed by atoms with E-state index in [1.807, 2.05) is 0 Å². The normalized spacial score (nSPS) is 16.0. The van der Waals surface area contributed by atoms with Gasteiger partial charge in [0.05, 0.1) is 11.7 Å². The summed E-state index contributed by atoms with van der Waals surface area (Å²) in [6.45, 7) is 3.05. The highest BCUT2D eigenvalue weighted by molar-refractivity contribution is 5.83. The average Bonchev–Trinajstić information content (AvgIpc) is 2.44. The molecule has 2 heteroatoms. The Labute approximate surface area is 77.2 Å². The van der Waals surface area contributed by atoms with Gasteiger partial charge in [-0.3, -0.25) is 0 Å². The van der Waals surface area contributed by atoms with Crippen LogP contribution in [-0.2, 0) is 13.1 Å². The van der Waals surface area contributed by atoms with Crippen LogP contribution < -0.4 is 5.32 Å². The van der Waals surface area contributed by atoms with Crippen molar-refractivity contribution in [3.63, 3.8) is 0 Å². The zero-order valence-corrected chi connectivity index (χ0v) is 7.38. The molecule has 1 aromatic heterocycles. The Hall–Kier alpha value is -1.28. The Morgan fingerprint density at radius 1 is 1.38 bits per heavy atom. The van der Waals surface area contributed by atoms with Crippen LogP contribution in [0.5, 0.6) is 0 Å². The molecule has 0 atom stereocenters. The van der Waals surface area contributed by atoms with E-state index in [0.717, 1.165) is 19.6 Å². The second kappa shape index (κ2) is 2.60. The Balaban J connectivity index is 2.40. The zero-order valence-electron chi connectivity index (χ0n) is 7.38. The van der Waals surface area contributed by atoms with E-state index >= 15 is 0 Å². The molecule has 1 radical (unpaired) electrons. The van der Waals surface area contributed by atoms with E-state index in [1.54, 1.807) is 0 Å². The van der Waals surface area contributed by atoms with Gasteiger partial charge < -0.3 is 9.88 Å². The largest absolute Gasteiger partial charge is 0.338 e. The van der Waals surface area contributed by atoms with E-state index in [0.29, 0.717) is 0 Å². The van der Waals surface area contributed by atoms with Gasteiger partial charge in [-0.05, 0) is 11.6 Å². The first-order valence-corrected chi connectivity index (χ1v) is 4.65. The molecule has 0 amide bonds. The van der Waals surface area contributed by atoms with Crippen LogP contribution in [0.2, 0.25) is 0 Å². The Morgan fingerprint density at radius 2 is 2.38 bits per heavy atom. The number of para-hydroxylation sites is 1. The highest BCUT2D eigenvalue weighted by Gasteiger charge is 2.09. The smallest absolute Gasteiger partial charge is 0.0659 e. The minimum atomic E-state index is 0.981. The number of nitrogens with zero attached hydrogens (tertiary/aromatic N) is 1. The molecule has 13 heavy (non-hydrogen) atoms. The number of aromatic nitrogens is 1. The molecular formula is C11H11N2. The SMILES string of the molecule is [c]1cc2cccc3c2n1CCNC3. The zero-order chi connectivity index (χ0) is 8.67. The van der Waals surface area contributed by atoms with Gasteiger partial charge in [-0.2, -0.15) is 0 Å². The summed E-state index contributed by atoms with van der Waals surface area (Å²) < 4.78 is 2.21. The maximum Gasteiger partial charge on any atom is 0.0659 e. The van der Waals surface area contributed by atoms with Gasteiger partial charge in [0.15, 0.2) is 0 Å². The topological polar surface area (TPSA) is 17.0 Å². The first kappa shape index (κ1) is 7.15. The van der Waals surface area contributed by atoms with Crippen LogP contribution in [0.15, 0.2) is 24.3 Å². The molecule has 1 N–H and O–H groups in total. The number of benzene rings is 1. The molecule has 3 rings (SSSR count). The predicted molar refractivity (Wildman–Crippen MR) is 52.5 cm³/mol. The van der Waals surface area contributed by atoms with Crippen LogP contribution in [0.25, 0.3) is 10.9 Å². The van der Waals surface area contributed by atoms with Crippen LogP contribution in [0.3, 0.4) is 0 Å². The molecule has 2 aromatic rings. The molecule has 0 spiro atoms. The molecule has 2 heterocycles. The first-order valence-electron chi connectivity index (χ1n) is 4.65. The number of nitrogens with one attached hydrogen (secondary N) is 1. The first-order chi connectivity index (χ1) is 6.45. The molecule has 65 valence electrons. The molecule has 0 saturated carbocycles. The maximum atomic E-state index is 3.40. The summed E-state index contributed by atoms with van der Waals surface area (Å²) in [5.74, 6) is 0. The van der Waals surface area contributed by atoms with Crippen molar-refractivity contribution < 1.29 is 0 Å². The highest BCUT2D eigenvalue weighted by atomic mass is 15.0. The number of rotatable bonds is 0. The van der Waals surface area contributed by atoms with Gasteiger partial charge in [0.1, 0.15) is 0 Å². The third-order valence-corrected chi connectivity index (χ3v) is 2.62. The van der Waals surface area contributed by atoms with Crippen LogP contribution in [0, 0.1) is 6.20 Å². The van der Waals surface area contributed by atoms with Crippen molar-refractivity contribution in [3.05, 3.63) is 36.0 Å². The molecule has 2 nitrogen and oxygen atoms in total. The minimum Gasteiger partial charge on any atom is -0.338 e. The summed E-state index contributed by atoms with van der Waals surface area (Å²) in [5, 5.41) is 4.71. The molecule has 0 fully saturated rings. The fourth-order valence-corrected chi connectivity index (χ4v) is 2.00. The Bertz CT molecular complexity index is 442. The fourth-order valence-electron chi connectivity index (χ4n) is 2.00. The third-order valence-electron chi connectivity index (χ3n) is 2.62. The highest BCUT2D eigenvalue weighted by Crippen LogP contribution is 2.21. The van der Waals surface area contributed by atoms with E-state index in [9.17, 15) is 0 Å². The van der Waals surface area contributed by atoms with Crippen LogP contribution >= 0.6 is 0 Å². The molecule has 1 aliphatic heterocycles. The van der Waals surface area contributed by atoms with Gasteiger partial charge in [0.2, 0.25) is 0 Å². The van der Waals surface area contributed by atoms with E-state index in [1.165, 1.54) is 16.5 Å². The standard InChI is InChI=1S/C11H11N2/c1-2-9-4-6-13-7-5-12-8-10(3-1)11(9)13/h1-4,12H,5,7-8H2. The van der Waals surface area contributed by atoms with Gasteiger partial charge >= 0.3 is 0 Å². The van der Waals surface area contributed by atoms with Gasteiger partial charge in [0, 0.05) is 25.0 Å². The van der Waals surface area contributed by atoms with Crippen molar-refractivity contribution in [2.24, 2.45) is 0 Å². The van der Waals surface area contributed by atoms with Crippen molar-refractivity contribution in [3.8, 4) is 0 Å². The molecule has 0 aliphatic carbocycles. The summed E-state index contributed by atoms with van der Waals surface area (Å²) in [6, 6.07) is 8.52. The van der Waals surface area contributed by atoms with Gasteiger partial charge in [0.25, 0.3) is 0 Å². The number of hydrogen-bond acceptors (Lipinski definition) is 1. The van der Waals surface area contributed by atoms with Gasteiger partial charge in [-0.25, -0.2) is 0 Å². The summed E-state index contributed by atoms with van der Waals surface area (Å²) in [5.41, 5.74) is 2.74. The van der Waals surface area contributed by atoms with Crippen molar-refractivity contribution in [1.29, 1.82) is 0 Å². The van der Waals surface area contributed by atoms with Crippen LogP contribution in [0.1, 0.15) is 5.56 Å². The second-order valence-corrected chi connectivity index (χ2v) is 3.46. The van der Waals surface area contributed by atoms with Gasteiger partial charge in [-0.1, -0.05) is 18.2 Å². The van der Waals surface area contributed by atoms with E-state index in [-0.39, 0.29) is 0 Å². The molecule has 1 aromatic carbocycles. The summed E-state index contributed by atoms with van der Waals surface area (Å²) in [7, 11) is 0. The summed E-state index contributed by atoms with van der Waals surface area (Å²) in [4.78, 5) is 0. The minimum absolute atomic E-state index is 0.981. The van der Waals surface area contributed by atoms with E-state index in [4.69, 9.17) is 0 Å². The average molecular weight is 171 g/mol. The lowest BCUT2D eigenvalue weighted by molar-refractivity contribution is 0.630. The van der Waals surface area contributed by atoms with E-state index in [2.05, 4.69) is 40.3 Å². The maximum absolute atomic E-state index is 3.40. The van der Waals surface area contributed by atoms with E-state index < -0.39 is 0 Å². The molecule has 1 aliphatic rings. The molecule has 0 unspecified atom stereocenters. The third kappa shape index (κ3) is 0.988. The fraction of sp³-hybridized carbons (Fsp3) is 0.273. The predicted octanol–water partition coefficient (Wildman–Crippen LogP) is 1.54. The van der Waals surface area contributed by atoms with Gasteiger partial charge in [-0.15, -0.1) is 0 Å². The molecule has 0 saturated heterocycles. The lowest BCUT2D eigenvalue weighted by atomic mass is 10.1. The summed E-state index contributed by atoms with van der Waals surface area (Å²) in [6.07, 6.45) is 3.27. The lowest BCUT2D eigenvalue weighted by Crippen LogP contribution is -2.15. The van der Waals surface area contributed by atoms with Crippen molar-refractivity contribution in [1.82, 2.24) is 9.88 Å². The monoisotopic (exact) mass is 171 g/mol. The molecular weight excluding hydrogens is 160 g/mol. The van der Waals surface area contributed by atoms with Crippen molar-refractivity contribution in [2.75, 3.05) is 6.54 Å². The lowest BCUT2D eigenvalue weighted by Gasteiger charge is -2.01. The second-order valence-electron chi connectivity index (χ2n) is 3.46. The van der Waals surface area contributed by atoms with Crippen LogP contribution in [0.4, 0.5) is 0 Å². The Morgan fingerprint density at radius 3 is 3.38 bits per heavy atom. The van der Waals surface area contributed by atoms with Crippen molar-refractivity contribution in [2.45, 2.75) is 13.1 Å². The van der Waals surface area contributed by atoms with Crippen LogP contribution in [-0.4, -0.2) is 11.1 Å². The van der Waals surface area contributed by atoms with Crippen molar-refractivity contribution >= 4 is 10.9 Å². The Kier molecular flexibility index (Phi) is 1.43. The summed E-state index contributed by atoms with van der Waals surface area (Å²) >= 11 is 0.